The van der Waals surface area contributed by atoms with Crippen molar-refractivity contribution in [2.24, 2.45) is 5.10 Å². The van der Waals surface area contributed by atoms with E-state index in [9.17, 15) is 14.4 Å². The molecule has 0 radical (unpaired) electrons. The third-order valence-corrected chi connectivity index (χ3v) is 4.99. The van der Waals surface area contributed by atoms with Crippen molar-refractivity contribution in [2.45, 2.75) is 13.8 Å². The number of nitrogens with zero attached hydrogens (tertiary/aromatic N) is 1. The molecule has 0 fully saturated rings. The molecule has 0 aromatic heterocycles. The fourth-order valence-electron chi connectivity index (χ4n) is 2.79. The number of hydrogen-bond donors (Lipinski definition) is 2. The van der Waals surface area contributed by atoms with Crippen LogP contribution in [0.5, 0.6) is 5.75 Å². The van der Waals surface area contributed by atoms with Gasteiger partial charge in [0.05, 0.1) is 11.8 Å². The lowest BCUT2D eigenvalue weighted by molar-refractivity contribution is -0.136. The average molecular weight is 494 g/mol. The van der Waals surface area contributed by atoms with Gasteiger partial charge < -0.3 is 10.1 Å². The normalized spacial score (nSPS) is 10.6. The predicted molar refractivity (Wildman–Crippen MR) is 126 cm³/mol. The van der Waals surface area contributed by atoms with Gasteiger partial charge in [0.2, 0.25) is 0 Å². The first kappa shape index (κ1) is 22.9. The largest absolute Gasteiger partial charge is 0.422 e. The van der Waals surface area contributed by atoms with Gasteiger partial charge in [0.15, 0.2) is 0 Å². The second-order valence-electron chi connectivity index (χ2n) is 6.85. The fourth-order valence-corrected chi connectivity index (χ4v) is 3.27. The van der Waals surface area contributed by atoms with Crippen molar-refractivity contribution in [3.8, 4) is 5.75 Å². The highest BCUT2D eigenvalue weighted by atomic mass is 79.9. The summed E-state index contributed by atoms with van der Waals surface area (Å²) < 4.78 is 6.36. The van der Waals surface area contributed by atoms with E-state index < -0.39 is 17.8 Å². The molecular weight excluding hydrogens is 474 g/mol. The highest BCUT2D eigenvalue weighted by Crippen LogP contribution is 2.20. The summed E-state index contributed by atoms with van der Waals surface area (Å²) >= 11 is 3.34. The highest BCUT2D eigenvalue weighted by Gasteiger charge is 2.15. The van der Waals surface area contributed by atoms with Crippen LogP contribution < -0.4 is 15.5 Å². The zero-order chi connectivity index (χ0) is 23.1. The van der Waals surface area contributed by atoms with Crippen LogP contribution >= 0.6 is 15.9 Å². The van der Waals surface area contributed by atoms with Gasteiger partial charge in [0, 0.05) is 15.7 Å². The molecule has 2 N–H and O–H groups in total. The van der Waals surface area contributed by atoms with Crippen LogP contribution in [0.25, 0.3) is 0 Å². The van der Waals surface area contributed by atoms with Crippen molar-refractivity contribution in [3.63, 3.8) is 0 Å². The number of carbonyl (C=O) groups excluding carboxylic acids is 3. The van der Waals surface area contributed by atoms with Crippen molar-refractivity contribution < 1.29 is 19.1 Å². The summed E-state index contributed by atoms with van der Waals surface area (Å²) in [6, 6.07) is 19.1. The molecular formula is C24H20BrN3O4. The van der Waals surface area contributed by atoms with E-state index in [4.69, 9.17) is 4.74 Å². The lowest BCUT2D eigenvalue weighted by Gasteiger charge is -2.09. The number of carbonyl (C=O) groups is 3. The number of anilines is 1. The SMILES string of the molecule is Cc1cc(Br)ccc1NC(=O)C(=O)NN=Cc1ccccc1OC(=O)c1ccccc1C. The number of ether oxygens (including phenoxy) is 1. The van der Waals surface area contributed by atoms with Gasteiger partial charge >= 0.3 is 17.8 Å². The molecule has 3 rings (SSSR count). The standard InChI is InChI=1S/C24H20BrN3O4/c1-15-7-3-5-9-19(15)24(31)32-21-10-6-4-8-17(21)14-26-28-23(30)22(29)27-20-12-11-18(25)13-16(20)2/h3-14H,1-2H3,(H,27,29)(H,28,30). The van der Waals surface area contributed by atoms with Gasteiger partial charge in [-0.3, -0.25) is 9.59 Å². The van der Waals surface area contributed by atoms with Gasteiger partial charge in [0.25, 0.3) is 0 Å². The number of hydrogen-bond acceptors (Lipinski definition) is 5. The van der Waals surface area contributed by atoms with E-state index in [1.54, 1.807) is 48.5 Å². The van der Waals surface area contributed by atoms with E-state index in [1.807, 2.05) is 32.0 Å². The number of benzene rings is 3. The summed E-state index contributed by atoms with van der Waals surface area (Å²) in [5, 5.41) is 6.35. The van der Waals surface area contributed by atoms with E-state index in [0.29, 0.717) is 16.8 Å². The third-order valence-electron chi connectivity index (χ3n) is 4.50. The van der Waals surface area contributed by atoms with Crippen molar-refractivity contribution in [1.29, 1.82) is 0 Å². The Morgan fingerprint density at radius 1 is 0.906 bits per heavy atom. The first-order valence-corrected chi connectivity index (χ1v) is 10.4. The molecule has 2 amide bonds. The number of aryl methyl sites for hydroxylation is 2. The van der Waals surface area contributed by atoms with Crippen molar-refractivity contribution in [2.75, 3.05) is 5.32 Å². The van der Waals surface area contributed by atoms with Crippen LogP contribution in [0.15, 0.2) is 76.3 Å². The minimum Gasteiger partial charge on any atom is -0.422 e. The topological polar surface area (TPSA) is 96.9 Å². The van der Waals surface area contributed by atoms with E-state index in [0.717, 1.165) is 15.6 Å². The van der Waals surface area contributed by atoms with Gasteiger partial charge in [-0.25, -0.2) is 10.2 Å². The highest BCUT2D eigenvalue weighted by molar-refractivity contribution is 9.10. The lowest BCUT2D eigenvalue weighted by atomic mass is 10.1. The van der Waals surface area contributed by atoms with E-state index >= 15 is 0 Å². The zero-order valence-corrected chi connectivity index (χ0v) is 19.0. The molecule has 0 spiro atoms. The lowest BCUT2D eigenvalue weighted by Crippen LogP contribution is -2.32. The maximum atomic E-state index is 12.5. The zero-order valence-electron chi connectivity index (χ0n) is 17.4. The minimum atomic E-state index is -0.932. The van der Waals surface area contributed by atoms with E-state index in [1.165, 1.54) is 6.21 Å². The number of para-hydroxylation sites is 1. The number of hydrazone groups is 1. The van der Waals surface area contributed by atoms with Gasteiger partial charge in [-0.15, -0.1) is 0 Å². The molecule has 0 aliphatic rings. The predicted octanol–water partition coefficient (Wildman–Crippen LogP) is 4.37. The molecule has 8 heteroatoms. The Bertz CT molecular complexity index is 1210. The maximum Gasteiger partial charge on any atom is 0.343 e. The van der Waals surface area contributed by atoms with Crippen LogP contribution in [0.4, 0.5) is 5.69 Å². The van der Waals surface area contributed by atoms with Gasteiger partial charge in [-0.2, -0.15) is 5.10 Å². The Kier molecular flexibility index (Phi) is 7.51. The van der Waals surface area contributed by atoms with Crippen LogP contribution in [-0.2, 0) is 9.59 Å². The Labute approximate surface area is 193 Å². The second-order valence-corrected chi connectivity index (χ2v) is 7.77. The van der Waals surface area contributed by atoms with Crippen molar-refractivity contribution in [3.05, 3.63) is 93.5 Å². The summed E-state index contributed by atoms with van der Waals surface area (Å²) in [6.07, 6.45) is 1.30. The molecule has 0 bridgehead atoms. The number of rotatable bonds is 5. The molecule has 0 saturated heterocycles. The molecule has 162 valence electrons. The second kappa shape index (κ2) is 10.5. The van der Waals surface area contributed by atoms with Crippen LogP contribution in [0.2, 0.25) is 0 Å². The van der Waals surface area contributed by atoms with Crippen molar-refractivity contribution >= 4 is 45.6 Å². The van der Waals surface area contributed by atoms with Gasteiger partial charge in [0.1, 0.15) is 5.75 Å². The summed E-state index contributed by atoms with van der Waals surface area (Å²) in [5.74, 6) is -2.02. The average Bonchev–Trinajstić information content (AvgIpc) is 2.77. The van der Waals surface area contributed by atoms with Gasteiger partial charge in [-0.1, -0.05) is 46.3 Å². The van der Waals surface area contributed by atoms with Crippen molar-refractivity contribution in [1.82, 2.24) is 5.43 Å². The Morgan fingerprint density at radius 2 is 1.62 bits per heavy atom. The van der Waals surface area contributed by atoms with E-state index in [2.05, 4.69) is 31.8 Å². The summed E-state index contributed by atoms with van der Waals surface area (Å²) in [5.41, 5.74) is 5.19. The number of halogens is 1. The number of nitrogens with one attached hydrogen (secondary N) is 2. The molecule has 3 aromatic carbocycles. The Balaban J connectivity index is 1.64. The maximum absolute atomic E-state index is 12.5. The van der Waals surface area contributed by atoms with Crippen LogP contribution in [0.1, 0.15) is 27.0 Å². The first-order valence-electron chi connectivity index (χ1n) is 9.62. The monoisotopic (exact) mass is 493 g/mol. The summed E-state index contributed by atoms with van der Waals surface area (Å²) in [4.78, 5) is 36.7. The number of esters is 1. The molecule has 3 aromatic rings. The molecule has 0 unspecified atom stereocenters. The smallest absolute Gasteiger partial charge is 0.343 e. The quantitative estimate of drug-likeness (QED) is 0.181. The molecule has 0 atom stereocenters. The summed E-state index contributed by atoms with van der Waals surface area (Å²) in [6.45, 7) is 3.63. The van der Waals surface area contributed by atoms with E-state index in [-0.39, 0.29) is 5.75 Å². The molecule has 32 heavy (non-hydrogen) atoms. The Morgan fingerprint density at radius 3 is 2.38 bits per heavy atom. The van der Waals surface area contributed by atoms with Crippen LogP contribution in [0.3, 0.4) is 0 Å². The number of amides is 2. The molecule has 7 nitrogen and oxygen atoms in total. The minimum absolute atomic E-state index is 0.272. The fraction of sp³-hybridized carbons (Fsp3) is 0.0833. The summed E-state index contributed by atoms with van der Waals surface area (Å²) in [7, 11) is 0. The van der Waals surface area contributed by atoms with Gasteiger partial charge in [-0.05, 0) is 61.4 Å². The molecule has 0 saturated carbocycles. The van der Waals surface area contributed by atoms with Crippen LogP contribution in [-0.4, -0.2) is 24.0 Å². The molecule has 0 heterocycles. The van der Waals surface area contributed by atoms with Crippen LogP contribution in [0, 0.1) is 13.8 Å². The molecule has 0 aliphatic heterocycles. The first-order chi connectivity index (χ1) is 15.3. The Hall–Kier alpha value is -3.78. The molecule has 0 aliphatic carbocycles. The third kappa shape index (κ3) is 5.89.